The number of aliphatic hydroxyl groups excluding tert-OH is 1. The van der Waals surface area contributed by atoms with Gasteiger partial charge in [0, 0.05) is 30.7 Å². The van der Waals surface area contributed by atoms with Crippen LogP contribution in [0, 0.1) is 11.3 Å². The number of carbonyl (C=O) groups is 1. The van der Waals surface area contributed by atoms with Gasteiger partial charge in [-0.1, -0.05) is 0 Å². The first-order valence-electron chi connectivity index (χ1n) is 7.76. The van der Waals surface area contributed by atoms with Crippen molar-refractivity contribution in [2.75, 3.05) is 19.7 Å². The van der Waals surface area contributed by atoms with Gasteiger partial charge < -0.3 is 15.7 Å². The number of likely N-dealkylation sites (tertiary alicyclic amines) is 1. The van der Waals surface area contributed by atoms with Crippen LogP contribution in [0.4, 0.5) is 0 Å². The average Bonchev–Trinajstić information content (AvgIpc) is 2.48. The van der Waals surface area contributed by atoms with E-state index in [1.165, 1.54) is 0 Å². The molecule has 0 aromatic heterocycles. The van der Waals surface area contributed by atoms with Gasteiger partial charge in [-0.15, -0.1) is 0 Å². The molecule has 4 nitrogen and oxygen atoms in total. The second-order valence-electron chi connectivity index (χ2n) is 7.06. The second-order valence-corrected chi connectivity index (χ2v) is 7.06. The molecule has 0 radical (unpaired) electrons. The molecule has 4 rings (SSSR count). The summed E-state index contributed by atoms with van der Waals surface area (Å²) in [7, 11) is 0. The number of amides is 1. The predicted octanol–water partition coefficient (Wildman–Crippen LogP) is 1.27. The molecule has 4 fully saturated rings. The van der Waals surface area contributed by atoms with Crippen LogP contribution >= 0.6 is 0 Å². The minimum absolute atomic E-state index is 0.0336. The Morgan fingerprint density at radius 2 is 1.63 bits per heavy atom. The normalized spacial score (nSPS) is 39.6. The highest BCUT2D eigenvalue weighted by Crippen LogP contribution is 2.52. The zero-order valence-electron chi connectivity index (χ0n) is 11.7. The Labute approximate surface area is 115 Å². The Morgan fingerprint density at radius 1 is 1.11 bits per heavy atom. The SMILES string of the molecule is NC12CCC(C(=O)N3CCC(CO)CC3)(CC1)CC2. The van der Waals surface area contributed by atoms with E-state index in [9.17, 15) is 9.90 Å². The number of hydrogen-bond donors (Lipinski definition) is 2. The summed E-state index contributed by atoms with van der Waals surface area (Å²) in [5, 5.41) is 9.18. The number of fused-ring (bicyclic) bond motifs is 3. The topological polar surface area (TPSA) is 66.6 Å². The minimum Gasteiger partial charge on any atom is -0.396 e. The van der Waals surface area contributed by atoms with Crippen molar-refractivity contribution in [2.24, 2.45) is 17.1 Å². The molecule has 4 aliphatic rings. The van der Waals surface area contributed by atoms with Gasteiger partial charge >= 0.3 is 0 Å². The highest BCUT2D eigenvalue weighted by Gasteiger charge is 2.52. The van der Waals surface area contributed by atoms with Crippen molar-refractivity contribution < 1.29 is 9.90 Å². The van der Waals surface area contributed by atoms with E-state index >= 15 is 0 Å². The van der Waals surface area contributed by atoms with Gasteiger partial charge in [-0.05, 0) is 57.3 Å². The van der Waals surface area contributed by atoms with Crippen molar-refractivity contribution in [3.8, 4) is 0 Å². The molecule has 1 saturated heterocycles. The third-order valence-electron chi connectivity index (χ3n) is 5.92. The van der Waals surface area contributed by atoms with Gasteiger partial charge in [0.05, 0.1) is 0 Å². The standard InChI is InChI=1S/C15H26N2O2/c16-15-6-3-14(4-7-15,5-8-15)13(19)17-9-1-12(11-18)2-10-17/h12,18H,1-11,16H2. The molecule has 0 spiro atoms. The van der Waals surface area contributed by atoms with E-state index in [0.717, 1.165) is 64.5 Å². The smallest absolute Gasteiger partial charge is 0.228 e. The van der Waals surface area contributed by atoms with Gasteiger partial charge in [-0.25, -0.2) is 0 Å². The van der Waals surface area contributed by atoms with E-state index in [0.29, 0.717) is 11.8 Å². The third-order valence-corrected chi connectivity index (χ3v) is 5.92. The summed E-state index contributed by atoms with van der Waals surface area (Å²) < 4.78 is 0. The predicted molar refractivity (Wildman–Crippen MR) is 73.4 cm³/mol. The summed E-state index contributed by atoms with van der Waals surface area (Å²) in [5.41, 5.74) is 6.26. The van der Waals surface area contributed by atoms with E-state index in [4.69, 9.17) is 5.73 Å². The molecule has 0 aromatic carbocycles. The van der Waals surface area contributed by atoms with Crippen LogP contribution in [0.15, 0.2) is 0 Å². The molecule has 3 N–H and O–H groups in total. The Hall–Kier alpha value is -0.610. The molecule has 1 aliphatic heterocycles. The van der Waals surface area contributed by atoms with Crippen molar-refractivity contribution >= 4 is 5.91 Å². The van der Waals surface area contributed by atoms with Gasteiger partial charge in [0.1, 0.15) is 0 Å². The van der Waals surface area contributed by atoms with Crippen LogP contribution in [0.5, 0.6) is 0 Å². The summed E-state index contributed by atoms with van der Waals surface area (Å²) in [6, 6.07) is 0. The van der Waals surface area contributed by atoms with Crippen molar-refractivity contribution in [1.29, 1.82) is 0 Å². The number of aliphatic hydroxyl groups is 1. The molecule has 0 unspecified atom stereocenters. The molecule has 1 heterocycles. The third kappa shape index (κ3) is 2.29. The number of nitrogens with zero attached hydrogens (tertiary/aromatic N) is 1. The lowest BCUT2D eigenvalue weighted by Gasteiger charge is -2.52. The van der Waals surface area contributed by atoms with E-state index < -0.39 is 0 Å². The molecule has 0 atom stereocenters. The maximum absolute atomic E-state index is 12.9. The molecular formula is C15H26N2O2. The number of hydrogen-bond acceptors (Lipinski definition) is 3. The summed E-state index contributed by atoms with van der Waals surface area (Å²) in [6.45, 7) is 1.93. The fourth-order valence-corrected chi connectivity index (χ4v) is 4.19. The van der Waals surface area contributed by atoms with Crippen LogP contribution in [-0.4, -0.2) is 41.1 Å². The van der Waals surface area contributed by atoms with Gasteiger partial charge in [-0.2, -0.15) is 0 Å². The summed E-state index contributed by atoms with van der Waals surface area (Å²) in [4.78, 5) is 14.9. The van der Waals surface area contributed by atoms with Crippen LogP contribution in [-0.2, 0) is 4.79 Å². The number of nitrogens with two attached hydrogens (primary N) is 1. The maximum Gasteiger partial charge on any atom is 0.228 e. The molecule has 2 bridgehead atoms. The van der Waals surface area contributed by atoms with Crippen molar-refractivity contribution in [1.82, 2.24) is 4.90 Å². The first-order chi connectivity index (χ1) is 9.07. The van der Waals surface area contributed by atoms with E-state index in [1.54, 1.807) is 0 Å². The van der Waals surface area contributed by atoms with Gasteiger partial charge in [0.2, 0.25) is 5.91 Å². The summed E-state index contributed by atoms with van der Waals surface area (Å²) in [5.74, 6) is 0.779. The molecule has 0 aromatic rings. The zero-order valence-corrected chi connectivity index (χ0v) is 11.7. The number of piperidine rings is 1. The average molecular weight is 266 g/mol. The van der Waals surface area contributed by atoms with Crippen LogP contribution in [0.25, 0.3) is 0 Å². The van der Waals surface area contributed by atoms with Gasteiger partial charge in [0.25, 0.3) is 0 Å². The lowest BCUT2D eigenvalue weighted by atomic mass is 9.57. The van der Waals surface area contributed by atoms with Crippen LogP contribution < -0.4 is 5.73 Å². The molecular weight excluding hydrogens is 240 g/mol. The fourth-order valence-electron chi connectivity index (χ4n) is 4.19. The van der Waals surface area contributed by atoms with E-state index in [1.807, 2.05) is 0 Å². The minimum atomic E-state index is -0.0901. The Balaban J connectivity index is 1.65. The van der Waals surface area contributed by atoms with Crippen LogP contribution in [0.3, 0.4) is 0 Å². The van der Waals surface area contributed by atoms with Gasteiger partial charge in [0.15, 0.2) is 0 Å². The highest BCUT2D eigenvalue weighted by atomic mass is 16.3. The van der Waals surface area contributed by atoms with Crippen LogP contribution in [0.2, 0.25) is 0 Å². The molecule has 19 heavy (non-hydrogen) atoms. The zero-order chi connectivity index (χ0) is 13.5. The monoisotopic (exact) mass is 266 g/mol. The maximum atomic E-state index is 12.9. The molecule has 3 saturated carbocycles. The molecule has 4 heteroatoms. The van der Waals surface area contributed by atoms with E-state index in [-0.39, 0.29) is 17.6 Å². The highest BCUT2D eigenvalue weighted by molar-refractivity contribution is 5.83. The van der Waals surface area contributed by atoms with Crippen LogP contribution in [0.1, 0.15) is 51.4 Å². The molecule has 1 amide bonds. The summed E-state index contributed by atoms with van der Waals surface area (Å²) in [6.07, 6.45) is 7.94. The first kappa shape index (κ1) is 13.4. The molecule has 108 valence electrons. The number of carbonyl (C=O) groups excluding carboxylic acids is 1. The molecule has 3 aliphatic carbocycles. The fraction of sp³-hybridized carbons (Fsp3) is 0.933. The quantitative estimate of drug-likeness (QED) is 0.791. The van der Waals surface area contributed by atoms with Crippen molar-refractivity contribution in [3.63, 3.8) is 0 Å². The Kier molecular flexibility index (Phi) is 3.34. The number of rotatable bonds is 2. The first-order valence-corrected chi connectivity index (χ1v) is 7.76. The van der Waals surface area contributed by atoms with Gasteiger partial charge in [-0.3, -0.25) is 4.79 Å². The van der Waals surface area contributed by atoms with E-state index in [2.05, 4.69) is 4.90 Å². The summed E-state index contributed by atoms with van der Waals surface area (Å²) >= 11 is 0. The lowest BCUT2D eigenvalue weighted by molar-refractivity contribution is -0.150. The Morgan fingerprint density at radius 3 is 2.11 bits per heavy atom. The lowest BCUT2D eigenvalue weighted by Crippen LogP contribution is -2.58. The van der Waals surface area contributed by atoms with Crippen molar-refractivity contribution in [3.05, 3.63) is 0 Å². The second kappa shape index (κ2) is 4.74. The largest absolute Gasteiger partial charge is 0.396 e. The Bertz CT molecular complexity index is 337. The van der Waals surface area contributed by atoms with Crippen molar-refractivity contribution in [2.45, 2.75) is 56.9 Å².